The number of hydrazine groups is 1. The summed E-state index contributed by atoms with van der Waals surface area (Å²) in [4.78, 5) is 41.3. The number of ether oxygens (including phenoxy) is 2. The Bertz CT molecular complexity index is 1330. The Labute approximate surface area is 207 Å². The minimum absolute atomic E-state index is 0.00552. The van der Waals surface area contributed by atoms with Gasteiger partial charge in [-0.2, -0.15) is 8.78 Å². The molecule has 15 heteroatoms. The number of nitrogens with zero attached hydrogens (tertiary/aromatic N) is 3. The Balaban J connectivity index is 2.03. The summed E-state index contributed by atoms with van der Waals surface area (Å²) in [5.41, 5.74) is 4.41. The fraction of sp³-hybridized carbons (Fsp3) is 0.143. The van der Waals surface area contributed by atoms with Crippen molar-refractivity contribution >= 4 is 41.4 Å². The third-order valence-electron chi connectivity index (χ3n) is 4.54. The van der Waals surface area contributed by atoms with Gasteiger partial charge >= 0.3 is 12.7 Å². The van der Waals surface area contributed by atoms with E-state index < -0.39 is 30.4 Å². The highest BCUT2D eigenvalue weighted by Crippen LogP contribution is 2.26. The Morgan fingerprint density at radius 1 is 1.19 bits per heavy atom. The number of carbonyl (C=O) groups is 3. The average molecular weight is 522 g/mol. The van der Waals surface area contributed by atoms with Gasteiger partial charge in [-0.25, -0.2) is 19.9 Å². The number of aromatic nitrogens is 3. The summed E-state index contributed by atoms with van der Waals surface area (Å²) in [5, 5.41) is 13.9. The van der Waals surface area contributed by atoms with E-state index in [0.717, 1.165) is 24.1 Å². The van der Waals surface area contributed by atoms with Gasteiger partial charge in [0, 0.05) is 18.5 Å². The first-order valence-electron chi connectivity index (χ1n) is 9.91. The molecule has 0 bridgehead atoms. The summed E-state index contributed by atoms with van der Waals surface area (Å²) in [5.74, 6) is -2.34. The molecule has 188 valence electrons. The van der Waals surface area contributed by atoms with E-state index in [1.807, 2.05) is 5.43 Å². The predicted octanol–water partition coefficient (Wildman–Crippen LogP) is 3.08. The maximum absolute atomic E-state index is 13.3. The second-order valence-electron chi connectivity index (χ2n) is 6.90. The number of amides is 3. The van der Waals surface area contributed by atoms with Crippen LogP contribution in [0.2, 0.25) is 5.02 Å². The molecule has 0 unspecified atom stereocenters. The molecule has 0 atom stereocenters. The largest absolute Gasteiger partial charge is 0.452 e. The minimum atomic E-state index is -3.21. The number of hydrogen-bond acceptors (Lipinski definition) is 8. The molecule has 2 aromatic heterocycles. The number of methoxy groups -OCH3 is 1. The summed E-state index contributed by atoms with van der Waals surface area (Å²) in [6.45, 7) is -1.65. The fourth-order valence-electron chi connectivity index (χ4n) is 3.01. The van der Waals surface area contributed by atoms with E-state index >= 15 is 0 Å². The topological polar surface area (TPSA) is 160 Å². The monoisotopic (exact) mass is 521 g/mol. The van der Waals surface area contributed by atoms with Crippen molar-refractivity contribution in [3.63, 3.8) is 0 Å². The molecule has 0 spiro atoms. The van der Waals surface area contributed by atoms with Gasteiger partial charge < -0.3 is 20.2 Å². The Kier molecular flexibility index (Phi) is 8.11. The van der Waals surface area contributed by atoms with Crippen molar-refractivity contribution in [2.75, 3.05) is 12.4 Å². The molecule has 0 fully saturated rings. The zero-order valence-corrected chi connectivity index (χ0v) is 19.4. The van der Waals surface area contributed by atoms with E-state index in [9.17, 15) is 23.2 Å². The van der Waals surface area contributed by atoms with Crippen LogP contribution < -0.4 is 20.9 Å². The third-order valence-corrected chi connectivity index (χ3v) is 4.84. The number of anilines is 1. The van der Waals surface area contributed by atoms with Crippen LogP contribution >= 0.6 is 11.6 Å². The first-order valence-corrected chi connectivity index (χ1v) is 10.3. The van der Waals surface area contributed by atoms with Gasteiger partial charge in [-0.3, -0.25) is 15.0 Å². The summed E-state index contributed by atoms with van der Waals surface area (Å²) in [6, 6.07) is 6.74. The minimum Gasteiger partial charge on any atom is -0.452 e. The van der Waals surface area contributed by atoms with Crippen molar-refractivity contribution in [3.8, 4) is 11.7 Å². The molecule has 0 aliphatic heterocycles. The van der Waals surface area contributed by atoms with Crippen LogP contribution in [-0.2, 0) is 4.74 Å². The molecular formula is C21H18ClF2N7O5. The molecule has 0 saturated heterocycles. The molecular weight excluding hydrogens is 504 g/mol. The Morgan fingerprint density at radius 3 is 2.58 bits per heavy atom. The van der Waals surface area contributed by atoms with Gasteiger partial charge in [0.1, 0.15) is 5.69 Å². The molecule has 12 nitrogen and oxygen atoms in total. The second kappa shape index (κ2) is 11.2. The van der Waals surface area contributed by atoms with Crippen LogP contribution in [0.15, 0.2) is 36.5 Å². The molecule has 0 aliphatic carbocycles. The van der Waals surface area contributed by atoms with Crippen LogP contribution in [0, 0.1) is 12.3 Å². The maximum atomic E-state index is 13.3. The lowest BCUT2D eigenvalue weighted by molar-refractivity contribution is -0.0530. The van der Waals surface area contributed by atoms with Crippen LogP contribution in [0.25, 0.3) is 5.82 Å². The van der Waals surface area contributed by atoms with E-state index in [2.05, 4.69) is 30.3 Å². The van der Waals surface area contributed by atoms with Gasteiger partial charge in [0.2, 0.25) is 5.88 Å². The lowest BCUT2D eigenvalue weighted by Crippen LogP contribution is -2.42. The van der Waals surface area contributed by atoms with Crippen molar-refractivity contribution in [2.24, 2.45) is 0 Å². The zero-order chi connectivity index (χ0) is 26.4. The smallest absolute Gasteiger partial charge is 0.425 e. The highest BCUT2D eigenvalue weighted by molar-refractivity contribution is 6.32. The number of hydrogen-bond donors (Lipinski definition) is 4. The number of pyridine rings is 1. The van der Waals surface area contributed by atoms with Crippen molar-refractivity contribution in [1.82, 2.24) is 25.6 Å². The normalized spacial score (nSPS) is 10.5. The molecule has 36 heavy (non-hydrogen) atoms. The summed E-state index contributed by atoms with van der Waals surface area (Å²) < 4.78 is 35.2. The number of alkyl halides is 2. The summed E-state index contributed by atoms with van der Waals surface area (Å²) in [6.07, 6.45) is 1.39. The number of rotatable bonds is 7. The van der Waals surface area contributed by atoms with Gasteiger partial charge in [0.15, 0.2) is 5.82 Å². The van der Waals surface area contributed by atoms with Gasteiger partial charge in [0.25, 0.3) is 11.8 Å². The molecule has 3 amide bonds. The van der Waals surface area contributed by atoms with Crippen LogP contribution in [0.5, 0.6) is 5.88 Å². The number of benzene rings is 1. The van der Waals surface area contributed by atoms with Crippen molar-refractivity contribution in [1.29, 1.82) is 5.41 Å². The highest BCUT2D eigenvalue weighted by Gasteiger charge is 2.24. The van der Waals surface area contributed by atoms with Gasteiger partial charge in [-0.15, -0.1) is 5.10 Å². The molecule has 4 N–H and O–H groups in total. The van der Waals surface area contributed by atoms with E-state index in [1.54, 1.807) is 6.92 Å². The molecule has 0 saturated carbocycles. The summed E-state index contributed by atoms with van der Waals surface area (Å²) >= 11 is 6.15. The number of aryl methyl sites for hydroxylation is 1. The lowest BCUT2D eigenvalue weighted by atomic mass is 10.0. The van der Waals surface area contributed by atoms with E-state index in [4.69, 9.17) is 17.0 Å². The van der Waals surface area contributed by atoms with Gasteiger partial charge in [-0.05, 0) is 42.3 Å². The molecule has 2 heterocycles. The molecule has 0 aliphatic rings. The summed E-state index contributed by atoms with van der Waals surface area (Å²) in [7, 11) is 1.09. The van der Waals surface area contributed by atoms with Gasteiger partial charge in [0.05, 0.1) is 23.4 Å². The van der Waals surface area contributed by atoms with Crippen LogP contribution in [-0.4, -0.2) is 52.6 Å². The Morgan fingerprint density at radius 2 is 1.94 bits per heavy atom. The first kappa shape index (κ1) is 26.0. The fourth-order valence-corrected chi connectivity index (χ4v) is 3.21. The van der Waals surface area contributed by atoms with Crippen molar-refractivity contribution in [3.05, 3.63) is 63.9 Å². The van der Waals surface area contributed by atoms with Crippen LogP contribution in [0.1, 0.15) is 32.0 Å². The van der Waals surface area contributed by atoms with E-state index in [-0.39, 0.29) is 27.8 Å². The lowest BCUT2D eigenvalue weighted by Gasteiger charge is -2.16. The highest BCUT2D eigenvalue weighted by atomic mass is 35.5. The number of carbonyl (C=O) groups excluding carboxylic acids is 3. The third kappa shape index (κ3) is 5.90. The first-order chi connectivity index (χ1) is 17.1. The molecule has 1 aromatic carbocycles. The SMILES string of the molecule is COC(=O)NNC(=O)c1cc(C=N)cc(C)c1NC(=O)c1cc(OC(F)F)nn1-c1ncccc1Cl. The molecule has 3 rings (SSSR count). The zero-order valence-electron chi connectivity index (χ0n) is 18.6. The molecule has 3 aromatic rings. The number of halogens is 3. The van der Waals surface area contributed by atoms with Crippen LogP contribution in [0.3, 0.4) is 0 Å². The predicted molar refractivity (Wildman–Crippen MR) is 123 cm³/mol. The standard InChI is InChI=1S/C21H18ClF2N7O5/c1-10-6-11(9-25)7-12(18(32)28-29-21(34)35-2)16(10)27-19(33)14-8-15(36-20(23)24)30-31(14)17-13(22)4-3-5-26-17/h3-9,20,25H,1-2H3,(H,27,33)(H,28,32)(H,29,34). The van der Waals surface area contributed by atoms with Crippen molar-refractivity contribution < 1.29 is 32.6 Å². The van der Waals surface area contributed by atoms with Crippen LogP contribution in [0.4, 0.5) is 19.3 Å². The quantitative estimate of drug-likeness (QED) is 0.274. The maximum Gasteiger partial charge on any atom is 0.425 e. The Hall–Kier alpha value is -4.59. The second-order valence-corrected chi connectivity index (χ2v) is 7.30. The van der Waals surface area contributed by atoms with Crippen molar-refractivity contribution in [2.45, 2.75) is 13.5 Å². The number of nitrogens with one attached hydrogen (secondary N) is 4. The van der Waals surface area contributed by atoms with E-state index in [1.165, 1.54) is 30.5 Å². The van der Waals surface area contributed by atoms with Gasteiger partial charge in [-0.1, -0.05) is 11.6 Å². The molecule has 0 radical (unpaired) electrons. The van der Waals surface area contributed by atoms with E-state index in [0.29, 0.717) is 11.1 Å². The average Bonchev–Trinajstić information content (AvgIpc) is 3.26.